The average Bonchev–Trinajstić information content (AvgIpc) is 3.69. The molecule has 42 heavy (non-hydrogen) atoms. The summed E-state index contributed by atoms with van der Waals surface area (Å²) in [4.78, 5) is 15.1. The number of H-pyrrole nitrogens is 1. The molecular weight excluding hydrogens is 529 g/mol. The maximum Gasteiger partial charge on any atom is 0.137 e. The Kier molecular flexibility index (Phi) is 11.4. The fourth-order valence-electron chi connectivity index (χ4n) is 5.70. The van der Waals surface area contributed by atoms with Crippen molar-refractivity contribution in [2.45, 2.75) is 38.8 Å². The Morgan fingerprint density at radius 3 is 2.71 bits per heavy atom. The van der Waals surface area contributed by atoms with Crippen molar-refractivity contribution in [3.63, 3.8) is 0 Å². The summed E-state index contributed by atoms with van der Waals surface area (Å²) in [6, 6.07) is 15.7. The highest BCUT2D eigenvalue weighted by molar-refractivity contribution is 5.65. The Hall–Kier alpha value is -3.84. The number of hydrogen-bond donors (Lipinski definition) is 2. The van der Waals surface area contributed by atoms with E-state index in [1.54, 1.807) is 18.3 Å². The molecular formula is C33H42FN7O. The third kappa shape index (κ3) is 8.13. The van der Waals surface area contributed by atoms with Crippen molar-refractivity contribution in [1.29, 1.82) is 10.7 Å². The monoisotopic (exact) mass is 571 g/mol. The van der Waals surface area contributed by atoms with Crippen LogP contribution in [0.25, 0.3) is 17.3 Å². The summed E-state index contributed by atoms with van der Waals surface area (Å²) in [5.74, 6) is 1.19. The highest BCUT2D eigenvalue weighted by Gasteiger charge is 2.25. The molecule has 2 aromatic carbocycles. The number of aromatic nitrogens is 2. The van der Waals surface area contributed by atoms with Gasteiger partial charge in [-0.15, -0.1) is 0 Å². The Morgan fingerprint density at radius 2 is 1.98 bits per heavy atom. The first kappa shape index (κ1) is 31.1. The molecule has 5 rings (SSSR count). The molecule has 2 fully saturated rings. The fourth-order valence-corrected chi connectivity index (χ4v) is 5.70. The van der Waals surface area contributed by atoms with Crippen LogP contribution in [0, 0.1) is 22.6 Å². The topological polar surface area (TPSA) is 95.3 Å². The third-order valence-corrected chi connectivity index (χ3v) is 8.02. The van der Waals surface area contributed by atoms with Crippen LogP contribution >= 0.6 is 0 Å². The molecule has 1 unspecified atom stereocenters. The van der Waals surface area contributed by atoms with Gasteiger partial charge in [-0.2, -0.15) is 5.26 Å². The molecule has 222 valence electrons. The van der Waals surface area contributed by atoms with Gasteiger partial charge in [0.2, 0.25) is 0 Å². The minimum Gasteiger partial charge on any atom is -0.491 e. The summed E-state index contributed by atoms with van der Waals surface area (Å²) in [6.45, 7) is 14.4. The van der Waals surface area contributed by atoms with Crippen LogP contribution < -0.4 is 4.74 Å². The molecule has 0 bridgehead atoms. The zero-order valence-electron chi connectivity index (χ0n) is 24.7. The van der Waals surface area contributed by atoms with Crippen molar-refractivity contribution in [2.24, 2.45) is 0 Å². The van der Waals surface area contributed by atoms with Gasteiger partial charge in [0, 0.05) is 56.9 Å². The predicted octanol–water partition coefficient (Wildman–Crippen LogP) is 5.61. The molecule has 3 heterocycles. The minimum atomic E-state index is -0.182. The molecule has 8 nitrogen and oxygen atoms in total. The number of nitrogens with zero attached hydrogens (tertiary/aromatic N) is 5. The van der Waals surface area contributed by atoms with E-state index in [1.165, 1.54) is 6.07 Å². The van der Waals surface area contributed by atoms with Crippen molar-refractivity contribution < 1.29 is 9.13 Å². The highest BCUT2D eigenvalue weighted by Crippen LogP contribution is 2.32. The van der Waals surface area contributed by atoms with E-state index in [0.717, 1.165) is 81.3 Å². The van der Waals surface area contributed by atoms with E-state index in [2.05, 4.69) is 57.4 Å². The molecule has 2 N–H and O–H groups in total. The molecule has 0 aliphatic carbocycles. The fraction of sp³-hybridized carbons (Fsp3) is 0.424. The molecule has 0 saturated carbocycles. The summed E-state index contributed by atoms with van der Waals surface area (Å²) >= 11 is 0. The van der Waals surface area contributed by atoms with E-state index in [9.17, 15) is 9.65 Å². The number of piperazine rings is 1. The van der Waals surface area contributed by atoms with Crippen molar-refractivity contribution in [3.8, 4) is 23.1 Å². The second-order valence-electron chi connectivity index (χ2n) is 10.9. The third-order valence-electron chi connectivity index (χ3n) is 8.02. The normalized spacial score (nSPS) is 18.2. The zero-order valence-corrected chi connectivity index (χ0v) is 24.7. The van der Waals surface area contributed by atoms with Gasteiger partial charge in [-0.3, -0.25) is 14.7 Å². The SMILES string of the molecule is C=N.CC(C)N1CCN(CCOc2ccc(-c3cnc(/C=C\CN4CCCC4c4cccc(F)c4)[nH]3)cc2C#N)CC1. The Labute approximate surface area is 248 Å². The molecule has 2 aliphatic rings. The van der Waals surface area contributed by atoms with Gasteiger partial charge in [0.15, 0.2) is 0 Å². The molecule has 1 aromatic heterocycles. The predicted molar refractivity (Wildman–Crippen MR) is 166 cm³/mol. The van der Waals surface area contributed by atoms with Gasteiger partial charge in [0.1, 0.15) is 30.1 Å². The lowest BCUT2D eigenvalue weighted by Gasteiger charge is -2.36. The summed E-state index contributed by atoms with van der Waals surface area (Å²) in [5, 5.41) is 15.3. The molecule has 3 aromatic rings. The number of likely N-dealkylation sites (tertiary alicyclic amines) is 1. The summed E-state index contributed by atoms with van der Waals surface area (Å²) in [6.07, 6.45) is 8.02. The van der Waals surface area contributed by atoms with Crippen LogP contribution in [-0.2, 0) is 0 Å². The Morgan fingerprint density at radius 1 is 1.17 bits per heavy atom. The van der Waals surface area contributed by atoms with Gasteiger partial charge in [-0.1, -0.05) is 18.2 Å². The van der Waals surface area contributed by atoms with E-state index in [4.69, 9.17) is 10.1 Å². The number of aromatic amines is 1. The second-order valence-corrected chi connectivity index (χ2v) is 10.9. The smallest absolute Gasteiger partial charge is 0.137 e. The minimum absolute atomic E-state index is 0.182. The Balaban J connectivity index is 0.00000198. The second kappa shape index (κ2) is 15.4. The summed E-state index contributed by atoms with van der Waals surface area (Å²) in [7, 11) is 0. The first-order valence-electron chi connectivity index (χ1n) is 14.7. The number of hydrogen-bond acceptors (Lipinski definition) is 7. The van der Waals surface area contributed by atoms with E-state index in [-0.39, 0.29) is 11.9 Å². The quantitative estimate of drug-likeness (QED) is 0.307. The molecule has 0 radical (unpaired) electrons. The van der Waals surface area contributed by atoms with Crippen LogP contribution in [0.15, 0.2) is 54.7 Å². The van der Waals surface area contributed by atoms with Crippen LogP contribution in [0.4, 0.5) is 4.39 Å². The maximum atomic E-state index is 13.7. The molecule has 9 heteroatoms. The van der Waals surface area contributed by atoms with E-state index < -0.39 is 0 Å². The van der Waals surface area contributed by atoms with Crippen LogP contribution in [-0.4, -0.2) is 89.8 Å². The molecule has 2 aliphatic heterocycles. The van der Waals surface area contributed by atoms with Gasteiger partial charge in [-0.05, 0) is 81.9 Å². The number of rotatable bonds is 10. The van der Waals surface area contributed by atoms with Crippen molar-refractivity contribution in [1.82, 2.24) is 24.7 Å². The van der Waals surface area contributed by atoms with Gasteiger partial charge >= 0.3 is 0 Å². The van der Waals surface area contributed by atoms with Crippen molar-refractivity contribution in [3.05, 3.63) is 77.5 Å². The molecule has 0 spiro atoms. The first-order valence-corrected chi connectivity index (χ1v) is 14.7. The van der Waals surface area contributed by atoms with Crippen molar-refractivity contribution >= 4 is 12.8 Å². The van der Waals surface area contributed by atoms with Crippen LogP contribution in [0.2, 0.25) is 0 Å². The molecule has 0 amide bonds. The maximum absolute atomic E-state index is 13.7. The van der Waals surface area contributed by atoms with E-state index in [0.29, 0.717) is 24.0 Å². The number of benzene rings is 2. The first-order chi connectivity index (χ1) is 20.5. The highest BCUT2D eigenvalue weighted by atomic mass is 19.1. The van der Waals surface area contributed by atoms with Crippen molar-refractivity contribution in [2.75, 3.05) is 52.4 Å². The number of halogens is 1. The zero-order chi connectivity index (χ0) is 29.9. The van der Waals surface area contributed by atoms with Gasteiger partial charge in [-0.25, -0.2) is 9.37 Å². The lowest BCUT2D eigenvalue weighted by atomic mass is 10.0. The number of ether oxygens (including phenoxy) is 1. The lowest BCUT2D eigenvalue weighted by Crippen LogP contribution is -2.49. The number of nitriles is 1. The standard InChI is InChI=1S/C32H39FN6O.CH3N/c1-24(2)38-16-14-37(15-17-38)18-19-40-31-11-10-25(20-27(31)22-34)29-23-35-32(36-29)9-5-13-39-12-4-8-30(39)26-6-3-7-28(33)21-26;1-2/h3,5-7,9-11,20-21,23-24,30H,4,8,12-19H2,1-2H3,(H,35,36);2H,1H2/b9-5-;. The average molecular weight is 572 g/mol. The molecule has 1 atom stereocenters. The molecule has 2 saturated heterocycles. The van der Waals surface area contributed by atoms with Crippen LogP contribution in [0.3, 0.4) is 0 Å². The van der Waals surface area contributed by atoms with Crippen LogP contribution in [0.5, 0.6) is 5.75 Å². The van der Waals surface area contributed by atoms with Crippen LogP contribution in [0.1, 0.15) is 49.7 Å². The Bertz CT molecular complexity index is 1360. The van der Waals surface area contributed by atoms with Gasteiger partial charge < -0.3 is 15.1 Å². The van der Waals surface area contributed by atoms with Gasteiger partial charge in [0.05, 0.1) is 17.5 Å². The van der Waals surface area contributed by atoms with Gasteiger partial charge in [0.25, 0.3) is 0 Å². The largest absolute Gasteiger partial charge is 0.491 e. The summed E-state index contributed by atoms with van der Waals surface area (Å²) in [5.41, 5.74) is 3.30. The van der Waals surface area contributed by atoms with E-state index >= 15 is 0 Å². The number of nitrogens with one attached hydrogen (secondary N) is 2. The number of imidazole rings is 1. The summed E-state index contributed by atoms with van der Waals surface area (Å²) < 4.78 is 19.7. The van der Waals surface area contributed by atoms with E-state index in [1.807, 2.05) is 30.3 Å². The lowest BCUT2D eigenvalue weighted by molar-refractivity contribution is 0.0971.